The topological polar surface area (TPSA) is 41.9 Å². The molecule has 1 N–H and O–H groups in total. The van der Waals surface area contributed by atoms with Crippen molar-refractivity contribution >= 4 is 15.9 Å². The van der Waals surface area contributed by atoms with Crippen LogP contribution in [0.5, 0.6) is 11.5 Å². The third-order valence-corrected chi connectivity index (χ3v) is 5.42. The van der Waals surface area contributed by atoms with Gasteiger partial charge in [-0.15, -0.1) is 0 Å². The molecule has 0 bridgehead atoms. The highest BCUT2D eigenvalue weighted by atomic mass is 79.9. The third-order valence-electron chi connectivity index (χ3n) is 4.70. The molecule has 3 rings (SSSR count). The fourth-order valence-corrected chi connectivity index (χ4v) is 3.92. The van der Waals surface area contributed by atoms with Gasteiger partial charge >= 0.3 is 0 Å². The van der Waals surface area contributed by atoms with Crippen LogP contribution in [-0.4, -0.2) is 37.8 Å². The molecule has 0 unspecified atom stereocenters. The van der Waals surface area contributed by atoms with E-state index in [4.69, 9.17) is 9.47 Å². The number of nitrogens with zero attached hydrogens (tertiary/aromatic N) is 1. The van der Waals surface area contributed by atoms with Crippen LogP contribution in [0.25, 0.3) is 0 Å². The number of methoxy groups -OCH3 is 2. The number of halogens is 1. The van der Waals surface area contributed by atoms with Crippen LogP contribution in [0.2, 0.25) is 0 Å². The number of ether oxygens (including phenoxy) is 2. The van der Waals surface area contributed by atoms with E-state index < -0.39 is 6.10 Å². The van der Waals surface area contributed by atoms with E-state index in [1.807, 2.05) is 43.4 Å². The minimum atomic E-state index is -0.636. The molecule has 0 radical (unpaired) electrons. The summed E-state index contributed by atoms with van der Waals surface area (Å²) in [6.45, 7) is 0.884. The quantitative estimate of drug-likeness (QED) is 0.861. The van der Waals surface area contributed by atoms with Crippen molar-refractivity contribution in [3.63, 3.8) is 0 Å². The minimum absolute atomic E-state index is 0.132. The van der Waals surface area contributed by atoms with Gasteiger partial charge in [0.15, 0.2) is 11.5 Å². The molecule has 4 nitrogen and oxygen atoms in total. The molecule has 1 aliphatic heterocycles. The van der Waals surface area contributed by atoms with Gasteiger partial charge in [-0.3, -0.25) is 4.90 Å². The number of aliphatic hydroxyl groups excluding tert-OH is 1. The summed E-state index contributed by atoms with van der Waals surface area (Å²) < 4.78 is 11.8. The van der Waals surface area contributed by atoms with Crippen LogP contribution in [0.3, 0.4) is 0 Å². The Morgan fingerprint density at radius 3 is 2.50 bits per heavy atom. The summed E-state index contributed by atoms with van der Waals surface area (Å²) in [4.78, 5) is 2.19. The lowest BCUT2D eigenvalue weighted by Gasteiger charge is -2.38. The van der Waals surface area contributed by atoms with Gasteiger partial charge in [0.05, 0.1) is 26.4 Å². The largest absolute Gasteiger partial charge is 0.493 e. The molecule has 128 valence electrons. The zero-order valence-corrected chi connectivity index (χ0v) is 15.7. The van der Waals surface area contributed by atoms with Gasteiger partial charge in [0, 0.05) is 11.0 Å². The van der Waals surface area contributed by atoms with Gasteiger partial charge in [0.1, 0.15) is 0 Å². The number of aliphatic hydroxyl groups is 1. The summed E-state index contributed by atoms with van der Waals surface area (Å²) in [6.07, 6.45) is 0.286. The second kappa shape index (κ2) is 7.13. The van der Waals surface area contributed by atoms with Crippen LogP contribution in [0.4, 0.5) is 0 Å². The van der Waals surface area contributed by atoms with E-state index in [-0.39, 0.29) is 6.04 Å². The van der Waals surface area contributed by atoms with Gasteiger partial charge in [-0.1, -0.05) is 34.1 Å². The summed E-state index contributed by atoms with van der Waals surface area (Å²) in [5, 5.41) is 11.1. The highest BCUT2D eigenvalue weighted by molar-refractivity contribution is 9.10. The summed E-state index contributed by atoms with van der Waals surface area (Å²) in [7, 11) is 5.33. The Morgan fingerprint density at radius 2 is 1.83 bits per heavy atom. The molecular weight excluding hydrogens is 370 g/mol. The van der Waals surface area contributed by atoms with Crippen molar-refractivity contribution < 1.29 is 14.6 Å². The van der Waals surface area contributed by atoms with E-state index in [9.17, 15) is 5.11 Å². The monoisotopic (exact) mass is 391 g/mol. The van der Waals surface area contributed by atoms with Crippen molar-refractivity contribution in [3.05, 3.63) is 57.6 Å². The maximum atomic E-state index is 11.1. The zero-order valence-electron chi connectivity index (χ0n) is 14.1. The van der Waals surface area contributed by atoms with Crippen LogP contribution in [0.1, 0.15) is 28.8 Å². The lowest BCUT2D eigenvalue weighted by atomic mass is 9.87. The van der Waals surface area contributed by atoms with E-state index in [0.29, 0.717) is 5.75 Å². The molecule has 2 aromatic rings. The van der Waals surface area contributed by atoms with Gasteiger partial charge < -0.3 is 14.6 Å². The Balaban J connectivity index is 2.08. The molecule has 5 heteroatoms. The van der Waals surface area contributed by atoms with Crippen LogP contribution in [0, 0.1) is 0 Å². The van der Waals surface area contributed by atoms with Gasteiger partial charge in [0.25, 0.3) is 0 Å². The lowest BCUT2D eigenvalue weighted by Crippen LogP contribution is -2.36. The van der Waals surface area contributed by atoms with Crippen LogP contribution in [-0.2, 0) is 6.42 Å². The number of hydrogen-bond acceptors (Lipinski definition) is 4. The molecule has 24 heavy (non-hydrogen) atoms. The van der Waals surface area contributed by atoms with Crippen molar-refractivity contribution in [1.82, 2.24) is 4.90 Å². The number of rotatable bonds is 4. The Hall–Kier alpha value is -1.56. The highest BCUT2D eigenvalue weighted by Gasteiger charge is 2.33. The van der Waals surface area contributed by atoms with Gasteiger partial charge in [-0.25, -0.2) is 0 Å². The first-order chi connectivity index (χ1) is 11.6. The van der Waals surface area contributed by atoms with Gasteiger partial charge in [0.2, 0.25) is 0 Å². The average molecular weight is 392 g/mol. The zero-order chi connectivity index (χ0) is 17.3. The Morgan fingerprint density at radius 1 is 1.17 bits per heavy atom. The molecule has 0 spiro atoms. The second-order valence-electron chi connectivity index (χ2n) is 6.05. The number of fused-ring (bicyclic) bond motifs is 1. The first-order valence-corrected chi connectivity index (χ1v) is 8.73. The number of benzene rings is 2. The van der Waals surface area contributed by atoms with Crippen LogP contribution < -0.4 is 9.47 Å². The smallest absolute Gasteiger partial charge is 0.161 e. The maximum absolute atomic E-state index is 11.1. The van der Waals surface area contributed by atoms with E-state index in [0.717, 1.165) is 34.3 Å². The molecule has 0 fully saturated rings. The van der Waals surface area contributed by atoms with E-state index in [1.54, 1.807) is 14.2 Å². The molecule has 0 aliphatic carbocycles. The van der Waals surface area contributed by atoms with Crippen LogP contribution in [0.15, 0.2) is 40.9 Å². The first-order valence-electron chi connectivity index (χ1n) is 7.94. The first kappa shape index (κ1) is 17.3. The summed E-state index contributed by atoms with van der Waals surface area (Å²) >= 11 is 3.55. The predicted octanol–water partition coefficient (Wildman–Crippen LogP) is 3.73. The molecule has 2 atom stereocenters. The lowest BCUT2D eigenvalue weighted by molar-refractivity contribution is 0.0553. The fraction of sp³-hybridized carbons (Fsp3) is 0.368. The molecular formula is C19H22BrNO3. The summed E-state index contributed by atoms with van der Waals surface area (Å²) in [6, 6.07) is 11.7. The van der Waals surface area contributed by atoms with E-state index in [2.05, 4.69) is 20.8 Å². The van der Waals surface area contributed by atoms with Crippen LogP contribution >= 0.6 is 15.9 Å². The van der Waals surface area contributed by atoms with Gasteiger partial charge in [-0.2, -0.15) is 0 Å². The molecule has 0 aromatic heterocycles. The molecule has 0 saturated carbocycles. The maximum Gasteiger partial charge on any atom is 0.161 e. The molecule has 2 aromatic carbocycles. The predicted molar refractivity (Wildman–Crippen MR) is 97.7 cm³/mol. The summed E-state index contributed by atoms with van der Waals surface area (Å²) in [5.74, 6) is 1.42. The number of hydrogen-bond donors (Lipinski definition) is 1. The van der Waals surface area contributed by atoms with Crippen molar-refractivity contribution in [1.29, 1.82) is 0 Å². The average Bonchev–Trinajstić information content (AvgIpc) is 2.60. The minimum Gasteiger partial charge on any atom is -0.493 e. The van der Waals surface area contributed by atoms with Crippen molar-refractivity contribution in [2.45, 2.75) is 18.6 Å². The molecule has 1 aliphatic rings. The Bertz CT molecular complexity index is 735. The number of likely N-dealkylation sites (N-methyl/N-ethyl adjacent to an activating group) is 1. The van der Waals surface area contributed by atoms with Crippen molar-refractivity contribution in [2.24, 2.45) is 0 Å². The molecule has 1 heterocycles. The summed E-state index contributed by atoms with van der Waals surface area (Å²) in [5.41, 5.74) is 3.17. The van der Waals surface area contributed by atoms with Crippen molar-refractivity contribution in [2.75, 3.05) is 27.8 Å². The molecule has 0 saturated heterocycles. The third kappa shape index (κ3) is 3.04. The normalized spacial score (nSPS) is 18.8. The Kier molecular flexibility index (Phi) is 5.13. The SMILES string of the molecule is COc1cc2c(cc1OC)[C@@H]([C@H](O)c1ccccc1Br)N(C)CC2. The van der Waals surface area contributed by atoms with E-state index >= 15 is 0 Å². The standard InChI is InChI=1S/C19H22BrNO3/c1-21-9-8-12-10-16(23-2)17(24-3)11-14(12)18(21)19(22)13-6-4-5-7-15(13)20/h4-7,10-11,18-19,22H,8-9H2,1-3H3/t18-,19+/m0/s1. The second-order valence-corrected chi connectivity index (χ2v) is 6.90. The molecule has 0 amide bonds. The highest BCUT2D eigenvalue weighted by Crippen LogP contribution is 2.43. The van der Waals surface area contributed by atoms with E-state index in [1.165, 1.54) is 5.56 Å². The van der Waals surface area contributed by atoms with Gasteiger partial charge in [-0.05, 0) is 48.4 Å². The fourth-order valence-electron chi connectivity index (χ4n) is 3.40. The Labute approximate surface area is 151 Å². The van der Waals surface area contributed by atoms with Crippen molar-refractivity contribution in [3.8, 4) is 11.5 Å².